The number of hydrogen-bond acceptors (Lipinski definition) is 6. The van der Waals surface area contributed by atoms with Crippen molar-refractivity contribution in [3.05, 3.63) is 18.3 Å². The van der Waals surface area contributed by atoms with Crippen molar-refractivity contribution in [1.29, 1.82) is 0 Å². The van der Waals surface area contributed by atoms with E-state index in [1.54, 1.807) is 19.2 Å². The lowest BCUT2D eigenvalue weighted by Gasteiger charge is -2.48. The maximum atomic E-state index is 12.7. The summed E-state index contributed by atoms with van der Waals surface area (Å²) in [4.78, 5) is 6.09. The van der Waals surface area contributed by atoms with E-state index in [4.69, 9.17) is 5.84 Å². The van der Waals surface area contributed by atoms with Crippen LogP contribution in [0.5, 0.6) is 0 Å². The first-order valence-corrected chi connectivity index (χ1v) is 8.33. The van der Waals surface area contributed by atoms with E-state index in [0.717, 1.165) is 19.3 Å². The van der Waals surface area contributed by atoms with E-state index in [9.17, 15) is 8.42 Å². The van der Waals surface area contributed by atoms with Crippen LogP contribution < -0.4 is 11.3 Å². The van der Waals surface area contributed by atoms with Gasteiger partial charge in [0.1, 0.15) is 0 Å². The Morgan fingerprint density at radius 2 is 2.05 bits per heavy atom. The van der Waals surface area contributed by atoms with Gasteiger partial charge < -0.3 is 10.3 Å². The largest absolute Gasteiger partial charge is 0.321 e. The molecule has 1 aromatic rings. The average Bonchev–Trinajstić information content (AvgIpc) is 2.41. The highest BCUT2D eigenvalue weighted by Crippen LogP contribution is 2.37. The number of pyridine rings is 1. The van der Waals surface area contributed by atoms with Crippen molar-refractivity contribution in [2.24, 2.45) is 5.84 Å². The summed E-state index contributed by atoms with van der Waals surface area (Å²) in [5, 5.41) is -0.0387. The number of nitrogen functional groups attached to an aromatic ring is 1. The smallest absolute Gasteiger partial charge is 0.262 e. The van der Waals surface area contributed by atoms with Gasteiger partial charge in [0.15, 0.2) is 5.03 Å². The number of likely N-dealkylation sites (N-methyl/N-ethyl adjacent to an activating group) is 2. The molecule has 0 spiro atoms. The van der Waals surface area contributed by atoms with E-state index in [2.05, 4.69) is 15.3 Å². The molecule has 1 heterocycles. The number of anilines is 1. The molecule has 0 atom stereocenters. The molecule has 1 aliphatic rings. The van der Waals surface area contributed by atoms with Crippen molar-refractivity contribution in [1.82, 2.24) is 14.2 Å². The molecule has 1 aliphatic carbocycles. The lowest BCUT2D eigenvalue weighted by atomic mass is 9.75. The summed E-state index contributed by atoms with van der Waals surface area (Å²) in [6, 6.07) is 3.24. The number of sulfonamides is 1. The minimum Gasteiger partial charge on any atom is -0.321 e. The Hall–Kier alpha value is -1.22. The van der Waals surface area contributed by atoms with E-state index in [0.29, 0.717) is 12.2 Å². The normalized spacial score (nSPS) is 17.8. The second kappa shape index (κ2) is 5.88. The molecule has 8 heteroatoms. The fourth-order valence-corrected chi connectivity index (χ4v) is 3.99. The van der Waals surface area contributed by atoms with Crippen LogP contribution in [0, 0.1) is 0 Å². The topological polar surface area (TPSA) is 91.6 Å². The minimum atomic E-state index is -3.67. The van der Waals surface area contributed by atoms with Crippen molar-refractivity contribution >= 4 is 15.7 Å². The first-order chi connectivity index (χ1) is 9.83. The minimum absolute atomic E-state index is 0.0387. The maximum absolute atomic E-state index is 12.7. The van der Waals surface area contributed by atoms with E-state index >= 15 is 0 Å². The fraction of sp³-hybridized carbons (Fsp3) is 0.615. The van der Waals surface area contributed by atoms with Gasteiger partial charge in [-0.05, 0) is 45.5 Å². The zero-order valence-corrected chi connectivity index (χ0v) is 13.5. The second-order valence-corrected chi connectivity index (χ2v) is 7.69. The predicted molar refractivity (Wildman–Crippen MR) is 82.1 cm³/mol. The van der Waals surface area contributed by atoms with Crippen molar-refractivity contribution in [3.8, 4) is 0 Å². The molecule has 1 saturated carbocycles. The Labute approximate surface area is 126 Å². The van der Waals surface area contributed by atoms with Gasteiger partial charge in [0, 0.05) is 25.3 Å². The van der Waals surface area contributed by atoms with Gasteiger partial charge in [0.05, 0.1) is 5.69 Å². The zero-order valence-electron chi connectivity index (χ0n) is 12.7. The molecule has 0 bridgehead atoms. The number of nitrogens with zero attached hydrogens (tertiary/aromatic N) is 3. The van der Waals surface area contributed by atoms with Crippen LogP contribution in [0.2, 0.25) is 0 Å². The molecule has 1 fully saturated rings. The first-order valence-electron chi connectivity index (χ1n) is 6.89. The summed E-state index contributed by atoms with van der Waals surface area (Å²) in [5.41, 5.74) is 2.62. The Morgan fingerprint density at radius 3 is 2.52 bits per heavy atom. The van der Waals surface area contributed by atoms with Crippen LogP contribution in [-0.4, -0.2) is 55.8 Å². The summed E-state index contributed by atoms with van der Waals surface area (Å²) in [5.74, 6) is 5.38. The van der Waals surface area contributed by atoms with Gasteiger partial charge in [-0.2, -0.15) is 4.31 Å². The fourth-order valence-electron chi connectivity index (χ4n) is 2.68. The summed E-state index contributed by atoms with van der Waals surface area (Å²) < 4.78 is 26.8. The monoisotopic (exact) mass is 313 g/mol. The molecular weight excluding hydrogens is 290 g/mol. The molecule has 118 valence electrons. The molecule has 1 aromatic heterocycles. The third-order valence-electron chi connectivity index (χ3n) is 4.33. The van der Waals surface area contributed by atoms with Gasteiger partial charge >= 0.3 is 0 Å². The van der Waals surface area contributed by atoms with Gasteiger partial charge in [-0.1, -0.05) is 0 Å². The summed E-state index contributed by atoms with van der Waals surface area (Å²) in [6.45, 7) is 0.447. The standard InChI is InChI=1S/C13H23N5O2S/c1-17(2)13(7-5-8-13)10-18(3)21(19,20)12-11(16-14)6-4-9-15-12/h4,6,9,16H,5,7-8,10,14H2,1-3H3. The molecule has 0 aliphatic heterocycles. The Kier molecular flexibility index (Phi) is 4.52. The third kappa shape index (κ3) is 2.89. The lowest BCUT2D eigenvalue weighted by Crippen LogP contribution is -2.57. The number of hydrazine groups is 1. The number of nitrogens with one attached hydrogen (secondary N) is 1. The highest BCUT2D eigenvalue weighted by Gasteiger charge is 2.42. The predicted octanol–water partition coefficient (Wildman–Crippen LogP) is 0.472. The molecule has 7 nitrogen and oxygen atoms in total. The molecule has 0 radical (unpaired) electrons. The van der Waals surface area contributed by atoms with E-state index in [1.165, 1.54) is 10.5 Å². The van der Waals surface area contributed by atoms with E-state index in [1.807, 2.05) is 14.1 Å². The van der Waals surface area contributed by atoms with Crippen LogP contribution in [0.4, 0.5) is 5.69 Å². The van der Waals surface area contributed by atoms with Crippen LogP contribution in [0.15, 0.2) is 23.4 Å². The SMILES string of the molecule is CN(C)C1(CN(C)S(=O)(=O)c2ncccc2NN)CCC1. The van der Waals surface area contributed by atoms with Crippen LogP contribution >= 0.6 is 0 Å². The molecule has 0 unspecified atom stereocenters. The van der Waals surface area contributed by atoms with Gasteiger partial charge in [-0.15, -0.1) is 0 Å². The van der Waals surface area contributed by atoms with Gasteiger partial charge in [-0.25, -0.2) is 13.4 Å². The van der Waals surface area contributed by atoms with Crippen LogP contribution in [0.3, 0.4) is 0 Å². The third-order valence-corrected chi connectivity index (χ3v) is 6.09. The molecule has 21 heavy (non-hydrogen) atoms. The number of hydrogen-bond donors (Lipinski definition) is 2. The molecule has 0 amide bonds. The van der Waals surface area contributed by atoms with Crippen LogP contribution in [0.1, 0.15) is 19.3 Å². The second-order valence-electron chi connectivity index (χ2n) is 5.73. The average molecular weight is 313 g/mol. The molecule has 0 aromatic carbocycles. The highest BCUT2D eigenvalue weighted by molar-refractivity contribution is 7.89. The van der Waals surface area contributed by atoms with Crippen LogP contribution in [-0.2, 0) is 10.0 Å². The Bertz CT molecular complexity index is 598. The number of nitrogens with two attached hydrogens (primary N) is 1. The Balaban J connectivity index is 2.27. The molecular formula is C13H23N5O2S. The highest BCUT2D eigenvalue weighted by atomic mass is 32.2. The lowest BCUT2D eigenvalue weighted by molar-refractivity contribution is 0.0455. The molecule has 2 rings (SSSR count). The number of aromatic nitrogens is 1. The first kappa shape index (κ1) is 16.2. The van der Waals surface area contributed by atoms with E-state index < -0.39 is 10.0 Å². The van der Waals surface area contributed by atoms with Crippen LogP contribution in [0.25, 0.3) is 0 Å². The van der Waals surface area contributed by atoms with Crippen molar-refractivity contribution in [2.45, 2.75) is 29.8 Å². The summed E-state index contributed by atoms with van der Waals surface area (Å²) in [7, 11) is 1.91. The van der Waals surface area contributed by atoms with Crippen molar-refractivity contribution in [2.75, 3.05) is 33.1 Å². The maximum Gasteiger partial charge on any atom is 0.262 e. The van der Waals surface area contributed by atoms with Crippen molar-refractivity contribution < 1.29 is 8.42 Å². The summed E-state index contributed by atoms with van der Waals surface area (Å²) in [6.07, 6.45) is 4.59. The zero-order chi connectivity index (χ0) is 15.7. The quantitative estimate of drug-likeness (QED) is 0.586. The van der Waals surface area contributed by atoms with Gasteiger partial charge in [-0.3, -0.25) is 5.84 Å². The van der Waals surface area contributed by atoms with Gasteiger partial charge in [0.2, 0.25) is 0 Å². The molecule has 0 saturated heterocycles. The van der Waals surface area contributed by atoms with Gasteiger partial charge in [0.25, 0.3) is 10.0 Å². The van der Waals surface area contributed by atoms with E-state index in [-0.39, 0.29) is 10.6 Å². The summed E-state index contributed by atoms with van der Waals surface area (Å²) >= 11 is 0. The Morgan fingerprint density at radius 1 is 1.38 bits per heavy atom. The molecule has 3 N–H and O–H groups in total. The van der Waals surface area contributed by atoms with Crippen molar-refractivity contribution in [3.63, 3.8) is 0 Å². The number of rotatable bonds is 6.